The van der Waals surface area contributed by atoms with Crippen molar-refractivity contribution in [3.8, 4) is 0 Å². The molecule has 1 aromatic rings. The number of hydrogen-bond donors (Lipinski definition) is 2. The summed E-state index contributed by atoms with van der Waals surface area (Å²) in [5.41, 5.74) is 0.993. The summed E-state index contributed by atoms with van der Waals surface area (Å²) in [7, 11) is 1.79. The molecule has 2 N–H and O–H groups in total. The first kappa shape index (κ1) is 13.6. The first-order valence-corrected chi connectivity index (χ1v) is 6.35. The van der Waals surface area contributed by atoms with Gasteiger partial charge in [0.2, 0.25) is 5.91 Å². The Morgan fingerprint density at radius 1 is 1.47 bits per heavy atom. The summed E-state index contributed by atoms with van der Waals surface area (Å²) in [6, 6.07) is 0. The topological polar surface area (TPSA) is 84.2 Å². The van der Waals surface area contributed by atoms with Gasteiger partial charge in [0.05, 0.1) is 23.2 Å². The fraction of sp³-hybridized carbons (Fsp3) is 0.615. The van der Waals surface area contributed by atoms with Crippen molar-refractivity contribution in [3.63, 3.8) is 0 Å². The van der Waals surface area contributed by atoms with E-state index < -0.39 is 23.2 Å². The Balaban J connectivity index is 2.12. The molecule has 0 spiro atoms. The molecule has 0 aromatic carbocycles. The molecule has 104 valence electrons. The van der Waals surface area contributed by atoms with Crippen molar-refractivity contribution in [3.05, 3.63) is 11.9 Å². The molecule has 0 radical (unpaired) electrons. The van der Waals surface area contributed by atoms with Gasteiger partial charge < -0.3 is 10.4 Å². The Kier molecular flexibility index (Phi) is 3.12. The van der Waals surface area contributed by atoms with E-state index in [4.69, 9.17) is 5.11 Å². The highest BCUT2D eigenvalue weighted by molar-refractivity contribution is 5.99. The molecule has 1 saturated carbocycles. The van der Waals surface area contributed by atoms with Crippen LogP contribution < -0.4 is 5.32 Å². The van der Waals surface area contributed by atoms with Gasteiger partial charge in [0.25, 0.3) is 0 Å². The summed E-state index contributed by atoms with van der Waals surface area (Å²) in [6.45, 7) is 5.57. The van der Waals surface area contributed by atoms with Gasteiger partial charge in [-0.1, -0.05) is 20.8 Å². The molecule has 1 fully saturated rings. The number of carbonyl (C=O) groups is 2. The number of carbonyl (C=O) groups excluding carboxylic acids is 1. The second-order valence-corrected chi connectivity index (χ2v) is 5.62. The Morgan fingerprint density at radius 2 is 2.11 bits per heavy atom. The number of carboxylic acids is 1. The van der Waals surface area contributed by atoms with Crippen LogP contribution in [-0.2, 0) is 23.1 Å². The van der Waals surface area contributed by atoms with E-state index in [2.05, 4.69) is 10.4 Å². The van der Waals surface area contributed by atoms with Gasteiger partial charge in [0.1, 0.15) is 0 Å². The van der Waals surface area contributed by atoms with Crippen molar-refractivity contribution in [1.82, 2.24) is 9.78 Å². The molecule has 0 bridgehead atoms. The van der Waals surface area contributed by atoms with Gasteiger partial charge in [-0.05, 0) is 11.8 Å². The third-order valence-electron chi connectivity index (χ3n) is 3.87. The molecule has 19 heavy (non-hydrogen) atoms. The molecular formula is C13H19N3O3. The zero-order valence-electron chi connectivity index (χ0n) is 11.6. The van der Waals surface area contributed by atoms with Crippen LogP contribution >= 0.6 is 0 Å². The maximum absolute atomic E-state index is 12.2. The molecule has 1 aliphatic carbocycles. The van der Waals surface area contributed by atoms with Crippen LogP contribution in [-0.4, -0.2) is 26.8 Å². The first-order valence-electron chi connectivity index (χ1n) is 6.35. The summed E-state index contributed by atoms with van der Waals surface area (Å²) in [6.07, 6.45) is 2.45. The molecule has 1 aromatic heterocycles. The van der Waals surface area contributed by atoms with Gasteiger partial charge in [0, 0.05) is 13.2 Å². The molecule has 0 aliphatic heterocycles. The molecule has 0 unspecified atom stereocenters. The summed E-state index contributed by atoms with van der Waals surface area (Å²) in [4.78, 5) is 23.2. The van der Waals surface area contributed by atoms with Crippen LogP contribution in [0.4, 0.5) is 5.69 Å². The van der Waals surface area contributed by atoms with Crippen LogP contribution in [0.3, 0.4) is 0 Å². The first-order chi connectivity index (χ1) is 8.78. The van der Waals surface area contributed by atoms with E-state index in [1.54, 1.807) is 31.8 Å². The number of carboxylic acid groups (broad SMARTS) is 1. The number of nitrogens with one attached hydrogen (secondary N) is 1. The lowest BCUT2D eigenvalue weighted by Crippen LogP contribution is -2.18. The zero-order valence-corrected chi connectivity index (χ0v) is 11.6. The van der Waals surface area contributed by atoms with E-state index in [-0.39, 0.29) is 5.91 Å². The van der Waals surface area contributed by atoms with Crippen molar-refractivity contribution in [1.29, 1.82) is 0 Å². The average Bonchev–Trinajstić information content (AvgIpc) is 2.70. The minimum atomic E-state index is -0.910. The maximum Gasteiger partial charge on any atom is 0.307 e. The Labute approximate surface area is 111 Å². The van der Waals surface area contributed by atoms with E-state index in [1.165, 1.54) is 0 Å². The molecule has 1 aliphatic rings. The van der Waals surface area contributed by atoms with Crippen LogP contribution in [0, 0.1) is 17.3 Å². The van der Waals surface area contributed by atoms with Crippen molar-refractivity contribution < 1.29 is 14.7 Å². The molecule has 1 heterocycles. The van der Waals surface area contributed by atoms with E-state index in [9.17, 15) is 9.59 Å². The third kappa shape index (κ3) is 2.22. The molecule has 1 amide bonds. The van der Waals surface area contributed by atoms with Gasteiger partial charge in [-0.15, -0.1) is 0 Å². The van der Waals surface area contributed by atoms with Crippen molar-refractivity contribution in [2.45, 2.75) is 27.2 Å². The van der Waals surface area contributed by atoms with Crippen molar-refractivity contribution in [2.75, 3.05) is 5.32 Å². The highest BCUT2D eigenvalue weighted by Gasteiger charge is 2.65. The molecule has 6 heteroatoms. The Morgan fingerprint density at radius 3 is 2.58 bits per heavy atom. The minimum Gasteiger partial charge on any atom is -0.481 e. The van der Waals surface area contributed by atoms with Gasteiger partial charge in [-0.25, -0.2) is 0 Å². The monoisotopic (exact) mass is 265 g/mol. The zero-order chi connectivity index (χ0) is 14.4. The normalized spacial score (nSPS) is 24.0. The standard InChI is InChI=1S/C13H19N3O3/c1-5-7-8(6-16(4)15-7)14-11(17)9-10(12(18)19)13(9,2)3/h6,9-10H,5H2,1-4H3,(H,14,17)(H,18,19)/t9-,10+/m1/s1. The van der Waals surface area contributed by atoms with E-state index in [0.717, 1.165) is 5.69 Å². The summed E-state index contributed by atoms with van der Waals surface area (Å²) < 4.78 is 1.64. The number of nitrogens with zero attached hydrogens (tertiary/aromatic N) is 2. The van der Waals surface area contributed by atoms with Crippen LogP contribution in [0.5, 0.6) is 0 Å². The minimum absolute atomic E-state index is 0.236. The number of aromatic nitrogens is 2. The third-order valence-corrected chi connectivity index (χ3v) is 3.87. The van der Waals surface area contributed by atoms with Crippen LogP contribution in [0.2, 0.25) is 0 Å². The number of anilines is 1. The van der Waals surface area contributed by atoms with Gasteiger partial charge >= 0.3 is 5.97 Å². The second kappa shape index (κ2) is 4.36. The van der Waals surface area contributed by atoms with Crippen LogP contribution in [0.25, 0.3) is 0 Å². The average molecular weight is 265 g/mol. The SMILES string of the molecule is CCc1nn(C)cc1NC(=O)[C@H]1[C@@H](C(=O)O)C1(C)C. The quantitative estimate of drug-likeness (QED) is 0.858. The predicted octanol–water partition coefficient (Wildman–Crippen LogP) is 1.28. The van der Waals surface area contributed by atoms with Gasteiger partial charge in [-0.2, -0.15) is 5.10 Å². The lowest BCUT2D eigenvalue weighted by molar-refractivity contribution is -0.140. The largest absolute Gasteiger partial charge is 0.481 e. The smallest absolute Gasteiger partial charge is 0.307 e. The lowest BCUT2D eigenvalue weighted by Gasteiger charge is -2.05. The van der Waals surface area contributed by atoms with Gasteiger partial charge in [-0.3, -0.25) is 14.3 Å². The van der Waals surface area contributed by atoms with E-state index >= 15 is 0 Å². The number of rotatable bonds is 4. The van der Waals surface area contributed by atoms with Crippen molar-refractivity contribution >= 4 is 17.6 Å². The highest BCUT2D eigenvalue weighted by atomic mass is 16.4. The van der Waals surface area contributed by atoms with Gasteiger partial charge in [0.15, 0.2) is 0 Å². The number of aliphatic carboxylic acids is 1. The molecular weight excluding hydrogens is 246 g/mol. The summed E-state index contributed by atoms with van der Waals surface area (Å²) >= 11 is 0. The number of aryl methyl sites for hydroxylation is 2. The Bertz CT molecular complexity index is 533. The van der Waals surface area contributed by atoms with E-state index in [1.807, 2.05) is 6.92 Å². The van der Waals surface area contributed by atoms with Crippen LogP contribution in [0.15, 0.2) is 6.20 Å². The number of hydrogen-bond acceptors (Lipinski definition) is 3. The van der Waals surface area contributed by atoms with Crippen molar-refractivity contribution in [2.24, 2.45) is 24.3 Å². The molecule has 2 rings (SSSR count). The number of amides is 1. The van der Waals surface area contributed by atoms with E-state index in [0.29, 0.717) is 12.1 Å². The molecule has 6 nitrogen and oxygen atoms in total. The second-order valence-electron chi connectivity index (χ2n) is 5.62. The summed E-state index contributed by atoms with van der Waals surface area (Å²) in [5.74, 6) is -2.23. The molecule has 2 atom stereocenters. The van der Waals surface area contributed by atoms with Crippen LogP contribution in [0.1, 0.15) is 26.5 Å². The fourth-order valence-corrected chi connectivity index (χ4v) is 2.70. The fourth-order valence-electron chi connectivity index (χ4n) is 2.70. The predicted molar refractivity (Wildman–Crippen MR) is 69.6 cm³/mol. The molecule has 0 saturated heterocycles. The Hall–Kier alpha value is -1.85. The highest BCUT2D eigenvalue weighted by Crippen LogP contribution is 2.58. The summed E-state index contributed by atoms with van der Waals surface area (Å²) in [5, 5.41) is 16.1. The maximum atomic E-state index is 12.2. The lowest BCUT2D eigenvalue weighted by atomic mass is 10.1.